The summed E-state index contributed by atoms with van der Waals surface area (Å²) in [5.74, 6) is 0.439. The Morgan fingerprint density at radius 2 is 2.04 bits per heavy atom. The first-order chi connectivity index (χ1) is 11.4. The maximum absolute atomic E-state index is 12.0. The second-order valence-corrected chi connectivity index (χ2v) is 7.18. The Morgan fingerprint density at radius 3 is 2.75 bits per heavy atom. The van der Waals surface area contributed by atoms with E-state index in [2.05, 4.69) is 10.2 Å². The van der Waals surface area contributed by atoms with Crippen LogP contribution in [0.25, 0.3) is 0 Å². The molecule has 3 rings (SSSR count). The van der Waals surface area contributed by atoms with E-state index in [4.69, 9.17) is 9.47 Å². The molecule has 0 spiro atoms. The topological polar surface area (TPSA) is 71.0 Å². The third-order valence-corrected chi connectivity index (χ3v) is 4.31. The van der Waals surface area contributed by atoms with E-state index in [1.165, 1.54) is 0 Å². The molecule has 1 fully saturated rings. The predicted molar refractivity (Wildman–Crippen MR) is 90.0 cm³/mol. The van der Waals surface area contributed by atoms with Gasteiger partial charge >= 0.3 is 0 Å². The molecule has 6 nitrogen and oxygen atoms in total. The molecule has 132 valence electrons. The molecule has 2 aliphatic heterocycles. The molecule has 2 heterocycles. The van der Waals surface area contributed by atoms with Crippen LogP contribution in [0.2, 0.25) is 0 Å². The van der Waals surface area contributed by atoms with Crippen molar-refractivity contribution in [2.24, 2.45) is 0 Å². The number of aliphatic hydroxyl groups is 1. The van der Waals surface area contributed by atoms with Gasteiger partial charge in [-0.25, -0.2) is 0 Å². The minimum atomic E-state index is -0.675. The average molecular weight is 334 g/mol. The number of hydrogen-bond acceptors (Lipinski definition) is 5. The fourth-order valence-corrected chi connectivity index (χ4v) is 3.25. The Kier molecular flexibility index (Phi) is 5.08. The number of carbonyl (C=O) groups excluding carboxylic acids is 1. The van der Waals surface area contributed by atoms with Crippen molar-refractivity contribution in [1.82, 2.24) is 10.2 Å². The first kappa shape index (κ1) is 17.2. The Balaban J connectivity index is 1.53. The first-order valence-corrected chi connectivity index (χ1v) is 8.55. The Morgan fingerprint density at radius 1 is 1.33 bits per heavy atom. The summed E-state index contributed by atoms with van der Waals surface area (Å²) in [4.78, 5) is 14.3. The SMILES string of the molecule is CC(C)(O)CN1CCC(OC2CNC(=O)c3ccccc3O2)CC1. The van der Waals surface area contributed by atoms with Gasteiger partial charge in [-0.3, -0.25) is 4.79 Å². The van der Waals surface area contributed by atoms with Crippen LogP contribution in [0.4, 0.5) is 0 Å². The van der Waals surface area contributed by atoms with Crippen LogP contribution in [0.1, 0.15) is 37.0 Å². The number of nitrogens with zero attached hydrogens (tertiary/aromatic N) is 1. The molecule has 2 N–H and O–H groups in total. The standard InChI is InChI=1S/C18H26N2O4/c1-18(2,22)12-20-9-7-13(8-10-20)23-16-11-19-17(21)14-5-3-4-6-15(14)24-16/h3-6,13,16,22H,7-12H2,1-2H3,(H,19,21). The van der Waals surface area contributed by atoms with Gasteiger partial charge in [-0.05, 0) is 38.8 Å². The smallest absolute Gasteiger partial charge is 0.255 e. The normalized spacial score (nSPS) is 23.1. The van der Waals surface area contributed by atoms with Crippen molar-refractivity contribution in [3.8, 4) is 5.75 Å². The lowest BCUT2D eigenvalue weighted by atomic mass is 10.0. The molecule has 6 heteroatoms. The second kappa shape index (κ2) is 7.09. The van der Waals surface area contributed by atoms with Gasteiger partial charge in [0.1, 0.15) is 5.75 Å². The minimum Gasteiger partial charge on any atom is -0.462 e. The molecule has 0 saturated carbocycles. The van der Waals surface area contributed by atoms with Gasteiger partial charge in [0.05, 0.1) is 23.8 Å². The maximum Gasteiger partial charge on any atom is 0.255 e. The van der Waals surface area contributed by atoms with Gasteiger partial charge < -0.3 is 24.8 Å². The quantitative estimate of drug-likeness (QED) is 0.871. The lowest BCUT2D eigenvalue weighted by molar-refractivity contribution is -0.130. The van der Waals surface area contributed by atoms with Crippen molar-refractivity contribution in [3.63, 3.8) is 0 Å². The van der Waals surface area contributed by atoms with Crippen LogP contribution in [0.15, 0.2) is 24.3 Å². The van der Waals surface area contributed by atoms with Gasteiger partial charge in [-0.1, -0.05) is 12.1 Å². The third kappa shape index (κ3) is 4.47. The van der Waals surface area contributed by atoms with E-state index in [-0.39, 0.29) is 12.0 Å². The van der Waals surface area contributed by atoms with Crippen LogP contribution in [0.3, 0.4) is 0 Å². The maximum atomic E-state index is 12.0. The highest BCUT2D eigenvalue weighted by Crippen LogP contribution is 2.24. The lowest BCUT2D eigenvalue weighted by Gasteiger charge is -2.36. The number of carbonyl (C=O) groups is 1. The fraction of sp³-hybridized carbons (Fsp3) is 0.611. The summed E-state index contributed by atoms with van der Waals surface area (Å²) < 4.78 is 11.9. The zero-order chi connectivity index (χ0) is 17.2. The predicted octanol–water partition coefficient (Wildman–Crippen LogP) is 1.39. The van der Waals surface area contributed by atoms with E-state index >= 15 is 0 Å². The van der Waals surface area contributed by atoms with E-state index in [0.717, 1.165) is 25.9 Å². The van der Waals surface area contributed by atoms with Crippen molar-refractivity contribution in [1.29, 1.82) is 0 Å². The van der Waals surface area contributed by atoms with Crippen molar-refractivity contribution in [2.45, 2.75) is 44.7 Å². The second-order valence-electron chi connectivity index (χ2n) is 7.18. The van der Waals surface area contributed by atoms with E-state index in [1.807, 2.05) is 26.0 Å². The zero-order valence-electron chi connectivity index (χ0n) is 14.3. The molecule has 1 atom stereocenters. The van der Waals surface area contributed by atoms with Gasteiger partial charge in [0, 0.05) is 19.6 Å². The van der Waals surface area contributed by atoms with Crippen molar-refractivity contribution in [3.05, 3.63) is 29.8 Å². The molecule has 1 aromatic carbocycles. The molecule has 0 aromatic heterocycles. The minimum absolute atomic E-state index is 0.107. The van der Waals surface area contributed by atoms with Crippen LogP contribution in [0.5, 0.6) is 5.75 Å². The molecule has 0 aliphatic carbocycles. The Hall–Kier alpha value is -1.63. The highest BCUT2D eigenvalue weighted by Gasteiger charge is 2.28. The molecule has 1 unspecified atom stereocenters. The average Bonchev–Trinajstić information content (AvgIpc) is 2.68. The largest absolute Gasteiger partial charge is 0.462 e. The summed E-state index contributed by atoms with van der Waals surface area (Å²) in [7, 11) is 0. The summed E-state index contributed by atoms with van der Waals surface area (Å²) in [5.41, 5.74) is -0.130. The van der Waals surface area contributed by atoms with Gasteiger partial charge in [-0.15, -0.1) is 0 Å². The van der Waals surface area contributed by atoms with Crippen LogP contribution >= 0.6 is 0 Å². The molecule has 1 saturated heterocycles. The monoisotopic (exact) mass is 334 g/mol. The van der Waals surface area contributed by atoms with Crippen LogP contribution in [-0.2, 0) is 4.74 Å². The number of likely N-dealkylation sites (tertiary alicyclic amines) is 1. The van der Waals surface area contributed by atoms with Crippen LogP contribution in [0, 0.1) is 0 Å². The molecule has 2 aliphatic rings. The summed E-state index contributed by atoms with van der Waals surface area (Å²) >= 11 is 0. The molecular formula is C18H26N2O4. The lowest BCUT2D eigenvalue weighted by Crippen LogP contribution is -2.46. The number of ether oxygens (including phenoxy) is 2. The first-order valence-electron chi connectivity index (χ1n) is 8.55. The molecule has 1 aromatic rings. The third-order valence-electron chi connectivity index (χ3n) is 4.31. The Labute approximate surface area is 142 Å². The van der Waals surface area contributed by atoms with E-state index in [9.17, 15) is 9.90 Å². The number of rotatable bonds is 4. The molecule has 1 amide bonds. The van der Waals surface area contributed by atoms with E-state index < -0.39 is 11.9 Å². The molecule has 0 bridgehead atoms. The highest BCUT2D eigenvalue weighted by atomic mass is 16.7. The summed E-state index contributed by atoms with van der Waals surface area (Å²) in [6.07, 6.45) is 1.43. The number of amides is 1. The number of benzene rings is 1. The number of para-hydroxylation sites is 1. The fourth-order valence-electron chi connectivity index (χ4n) is 3.25. The van der Waals surface area contributed by atoms with Crippen LogP contribution < -0.4 is 10.1 Å². The number of nitrogens with one attached hydrogen (secondary N) is 1. The summed E-state index contributed by atoms with van der Waals surface area (Å²) in [6.45, 7) is 6.46. The number of piperidine rings is 1. The van der Waals surface area contributed by atoms with Crippen molar-refractivity contribution in [2.75, 3.05) is 26.2 Å². The van der Waals surface area contributed by atoms with Crippen LogP contribution in [-0.4, -0.2) is 60.1 Å². The molecule has 24 heavy (non-hydrogen) atoms. The number of fused-ring (bicyclic) bond motifs is 1. The van der Waals surface area contributed by atoms with E-state index in [0.29, 0.717) is 24.4 Å². The number of hydrogen-bond donors (Lipinski definition) is 2. The van der Waals surface area contributed by atoms with E-state index in [1.54, 1.807) is 12.1 Å². The van der Waals surface area contributed by atoms with Gasteiger partial charge in [0.25, 0.3) is 5.91 Å². The molecular weight excluding hydrogens is 308 g/mol. The zero-order valence-corrected chi connectivity index (χ0v) is 14.3. The summed E-state index contributed by atoms with van der Waals surface area (Å²) in [6, 6.07) is 7.22. The Bertz CT molecular complexity index is 577. The highest BCUT2D eigenvalue weighted by molar-refractivity contribution is 5.97. The van der Waals surface area contributed by atoms with Crippen molar-refractivity contribution < 1.29 is 19.4 Å². The van der Waals surface area contributed by atoms with Crippen molar-refractivity contribution >= 4 is 5.91 Å². The summed E-state index contributed by atoms with van der Waals surface area (Å²) in [5, 5.41) is 12.8. The number of β-amino-alcohol motifs (C(OH)–C–C–N with tert-alkyl or cyclic N) is 1. The van der Waals surface area contributed by atoms with Gasteiger partial charge in [0.15, 0.2) is 0 Å². The van der Waals surface area contributed by atoms with Gasteiger partial charge in [-0.2, -0.15) is 0 Å². The molecule has 0 radical (unpaired) electrons. The van der Waals surface area contributed by atoms with Gasteiger partial charge in [0.2, 0.25) is 6.29 Å².